The lowest BCUT2D eigenvalue weighted by atomic mass is 9.86. The third-order valence-corrected chi connectivity index (χ3v) is 5.35. The predicted molar refractivity (Wildman–Crippen MR) is 107 cm³/mol. The highest BCUT2D eigenvalue weighted by Crippen LogP contribution is 2.27. The first-order valence-corrected chi connectivity index (χ1v) is 9.81. The summed E-state index contributed by atoms with van der Waals surface area (Å²) in [6.07, 6.45) is 3.94. The number of carbonyl (C=O) groups is 2. The summed E-state index contributed by atoms with van der Waals surface area (Å²) in [5.74, 6) is 0.104. The van der Waals surface area contributed by atoms with E-state index in [0.29, 0.717) is 30.9 Å². The Balaban J connectivity index is 1.41. The van der Waals surface area contributed by atoms with Crippen LogP contribution in [0, 0.1) is 5.92 Å². The second kappa shape index (κ2) is 8.57. The molecule has 1 N–H and O–H groups in total. The summed E-state index contributed by atoms with van der Waals surface area (Å²) >= 11 is 0. The Bertz CT molecular complexity index is 911. The summed E-state index contributed by atoms with van der Waals surface area (Å²) < 4.78 is 10.1. The fraction of sp³-hybridized carbons (Fsp3) is 0.429. The van der Waals surface area contributed by atoms with Crippen molar-refractivity contribution in [2.75, 3.05) is 43.6 Å². The Morgan fingerprint density at radius 3 is 2.90 bits per heavy atom. The average molecular weight is 396 g/mol. The quantitative estimate of drug-likeness (QED) is 0.788. The van der Waals surface area contributed by atoms with E-state index in [-0.39, 0.29) is 11.8 Å². The van der Waals surface area contributed by atoms with Crippen LogP contribution < -0.4 is 10.2 Å². The largest absolute Gasteiger partial charge is 0.465 e. The van der Waals surface area contributed by atoms with Crippen LogP contribution in [0.25, 0.3) is 0 Å². The summed E-state index contributed by atoms with van der Waals surface area (Å²) in [5, 5.41) is 2.92. The van der Waals surface area contributed by atoms with Crippen molar-refractivity contribution in [3.05, 3.63) is 47.3 Å². The highest BCUT2D eigenvalue weighted by molar-refractivity contribution is 5.95. The normalized spacial score (nSPS) is 18.7. The van der Waals surface area contributed by atoms with Gasteiger partial charge in [-0.1, -0.05) is 6.07 Å². The number of benzene rings is 1. The van der Waals surface area contributed by atoms with Gasteiger partial charge >= 0.3 is 5.97 Å². The third kappa shape index (κ3) is 4.37. The van der Waals surface area contributed by atoms with Crippen LogP contribution in [0.3, 0.4) is 0 Å². The molecule has 8 nitrogen and oxygen atoms in total. The standard InChI is InChI=1S/C21H24N4O4/c1-28-20(27)15-3-2-4-17(12-15)23-19(26)14-5-6-18-16(11-14)13-22-21(24-18)25-7-9-29-10-8-25/h2-4,12-14H,5-11H2,1H3,(H,23,26)/t14-/m1/s1. The van der Waals surface area contributed by atoms with E-state index in [1.165, 1.54) is 7.11 Å². The van der Waals surface area contributed by atoms with Crippen molar-refractivity contribution in [3.8, 4) is 0 Å². The Morgan fingerprint density at radius 2 is 2.10 bits per heavy atom. The molecule has 2 aromatic rings. The van der Waals surface area contributed by atoms with Crippen molar-refractivity contribution < 1.29 is 19.1 Å². The van der Waals surface area contributed by atoms with Crippen molar-refractivity contribution in [1.82, 2.24) is 9.97 Å². The van der Waals surface area contributed by atoms with Gasteiger partial charge in [-0.25, -0.2) is 14.8 Å². The lowest BCUT2D eigenvalue weighted by Gasteiger charge is -2.28. The Morgan fingerprint density at radius 1 is 1.28 bits per heavy atom. The van der Waals surface area contributed by atoms with Crippen molar-refractivity contribution in [3.63, 3.8) is 0 Å². The summed E-state index contributed by atoms with van der Waals surface area (Å²) in [6, 6.07) is 6.76. The van der Waals surface area contributed by atoms with E-state index in [1.807, 2.05) is 6.20 Å². The molecule has 1 fully saturated rings. The summed E-state index contributed by atoms with van der Waals surface area (Å²) in [6.45, 7) is 2.99. The summed E-state index contributed by atoms with van der Waals surface area (Å²) in [5.41, 5.74) is 3.04. The van der Waals surface area contributed by atoms with Crippen LogP contribution in [-0.2, 0) is 27.1 Å². The van der Waals surface area contributed by atoms with E-state index in [0.717, 1.165) is 43.1 Å². The fourth-order valence-electron chi connectivity index (χ4n) is 3.72. The van der Waals surface area contributed by atoms with E-state index in [9.17, 15) is 9.59 Å². The molecule has 152 valence electrons. The molecule has 2 heterocycles. The van der Waals surface area contributed by atoms with Gasteiger partial charge in [0.05, 0.1) is 25.9 Å². The van der Waals surface area contributed by atoms with Crippen LogP contribution in [0.5, 0.6) is 0 Å². The van der Waals surface area contributed by atoms with Gasteiger partial charge in [-0.2, -0.15) is 0 Å². The van der Waals surface area contributed by atoms with E-state index in [4.69, 9.17) is 14.5 Å². The number of ether oxygens (including phenoxy) is 2. The molecule has 1 amide bonds. The lowest BCUT2D eigenvalue weighted by Crippen LogP contribution is -2.38. The second-order valence-corrected chi connectivity index (χ2v) is 7.24. The fourth-order valence-corrected chi connectivity index (χ4v) is 3.72. The molecule has 1 aliphatic heterocycles. The number of rotatable bonds is 4. The smallest absolute Gasteiger partial charge is 0.337 e. The number of nitrogens with zero attached hydrogens (tertiary/aromatic N) is 3. The highest BCUT2D eigenvalue weighted by atomic mass is 16.5. The van der Waals surface area contributed by atoms with Crippen LogP contribution in [-0.4, -0.2) is 55.3 Å². The minimum atomic E-state index is -0.430. The van der Waals surface area contributed by atoms with Crippen LogP contribution in [0.4, 0.5) is 11.6 Å². The number of hydrogen-bond acceptors (Lipinski definition) is 7. The number of hydrogen-bond donors (Lipinski definition) is 1. The molecule has 0 bridgehead atoms. The molecule has 2 aliphatic rings. The van der Waals surface area contributed by atoms with E-state index in [1.54, 1.807) is 24.3 Å². The van der Waals surface area contributed by atoms with Crippen molar-refractivity contribution in [2.45, 2.75) is 19.3 Å². The van der Waals surface area contributed by atoms with Gasteiger partial charge in [-0.05, 0) is 43.0 Å². The van der Waals surface area contributed by atoms with Gasteiger partial charge < -0.3 is 19.7 Å². The minimum absolute atomic E-state index is 0.0603. The number of amides is 1. The molecule has 0 spiro atoms. The third-order valence-electron chi connectivity index (χ3n) is 5.35. The molecule has 29 heavy (non-hydrogen) atoms. The number of nitrogens with one attached hydrogen (secondary N) is 1. The molecule has 0 saturated carbocycles. The van der Waals surface area contributed by atoms with Gasteiger partial charge in [0, 0.05) is 36.6 Å². The van der Waals surface area contributed by atoms with Gasteiger partial charge in [0.25, 0.3) is 0 Å². The molecule has 1 atom stereocenters. The van der Waals surface area contributed by atoms with E-state index >= 15 is 0 Å². The zero-order chi connectivity index (χ0) is 20.2. The van der Waals surface area contributed by atoms with Crippen LogP contribution in [0.15, 0.2) is 30.5 Å². The van der Waals surface area contributed by atoms with Gasteiger partial charge in [0.15, 0.2) is 0 Å². The van der Waals surface area contributed by atoms with Crippen LogP contribution in [0.2, 0.25) is 0 Å². The predicted octanol–water partition coefficient (Wildman–Crippen LogP) is 1.84. The number of methoxy groups -OCH3 is 1. The molecule has 1 saturated heterocycles. The van der Waals surface area contributed by atoms with Crippen LogP contribution in [0.1, 0.15) is 28.0 Å². The number of carbonyl (C=O) groups excluding carboxylic acids is 2. The van der Waals surface area contributed by atoms with Gasteiger partial charge in [-0.15, -0.1) is 0 Å². The Labute approximate surface area is 169 Å². The van der Waals surface area contributed by atoms with Gasteiger partial charge in [0.2, 0.25) is 11.9 Å². The molecule has 0 radical (unpaired) electrons. The molecule has 4 rings (SSSR count). The first kappa shape index (κ1) is 19.3. The second-order valence-electron chi connectivity index (χ2n) is 7.24. The van der Waals surface area contributed by atoms with Crippen molar-refractivity contribution in [1.29, 1.82) is 0 Å². The molecule has 8 heteroatoms. The molecular formula is C21H24N4O4. The first-order valence-electron chi connectivity index (χ1n) is 9.81. The monoisotopic (exact) mass is 396 g/mol. The zero-order valence-corrected chi connectivity index (χ0v) is 16.4. The number of aromatic nitrogens is 2. The van der Waals surface area contributed by atoms with Gasteiger partial charge in [-0.3, -0.25) is 4.79 Å². The average Bonchev–Trinajstić information content (AvgIpc) is 2.78. The number of fused-ring (bicyclic) bond motifs is 1. The Hall–Kier alpha value is -3.00. The number of anilines is 2. The molecule has 1 aliphatic carbocycles. The Kier molecular flexibility index (Phi) is 5.71. The summed E-state index contributed by atoms with van der Waals surface area (Å²) in [4.78, 5) is 35.8. The van der Waals surface area contributed by atoms with Crippen LogP contribution >= 0.6 is 0 Å². The number of aryl methyl sites for hydroxylation is 1. The minimum Gasteiger partial charge on any atom is -0.465 e. The molecule has 1 aromatic heterocycles. The van der Waals surface area contributed by atoms with Gasteiger partial charge in [0.1, 0.15) is 0 Å². The number of esters is 1. The topological polar surface area (TPSA) is 93.6 Å². The molecule has 1 aromatic carbocycles. The zero-order valence-electron chi connectivity index (χ0n) is 16.4. The SMILES string of the molecule is COC(=O)c1cccc(NC(=O)[C@@H]2CCc3nc(N4CCOCC4)ncc3C2)c1. The maximum atomic E-state index is 12.8. The van der Waals surface area contributed by atoms with Crippen molar-refractivity contribution >= 4 is 23.5 Å². The highest BCUT2D eigenvalue weighted by Gasteiger charge is 2.27. The first-order chi connectivity index (χ1) is 14.1. The maximum absolute atomic E-state index is 12.8. The summed E-state index contributed by atoms with van der Waals surface area (Å²) in [7, 11) is 1.33. The maximum Gasteiger partial charge on any atom is 0.337 e. The van der Waals surface area contributed by atoms with Crippen molar-refractivity contribution in [2.24, 2.45) is 5.92 Å². The van der Waals surface area contributed by atoms with E-state index in [2.05, 4.69) is 15.2 Å². The molecular weight excluding hydrogens is 372 g/mol. The molecule has 0 unspecified atom stereocenters. The number of morpholine rings is 1. The van der Waals surface area contributed by atoms with E-state index < -0.39 is 5.97 Å². The lowest BCUT2D eigenvalue weighted by molar-refractivity contribution is -0.120.